The average molecular weight is 942 g/mol. The van der Waals surface area contributed by atoms with E-state index in [1.807, 2.05) is 48.8 Å². The van der Waals surface area contributed by atoms with Crippen LogP contribution in [0.15, 0.2) is 90.1 Å². The van der Waals surface area contributed by atoms with Gasteiger partial charge in [0.15, 0.2) is 0 Å². The molecule has 4 N–H and O–H groups in total. The van der Waals surface area contributed by atoms with Crippen molar-refractivity contribution in [3.05, 3.63) is 118 Å². The largest absolute Gasteiger partial charge is 0.457 e. The van der Waals surface area contributed by atoms with Crippen LogP contribution in [0.3, 0.4) is 0 Å². The van der Waals surface area contributed by atoms with Crippen molar-refractivity contribution >= 4 is 64.3 Å². The molecule has 1 unspecified atom stereocenters. The molecular weight excluding hydrogens is 891 g/mol. The number of H-pyrrole nitrogens is 1. The molecule has 1 saturated heterocycles. The van der Waals surface area contributed by atoms with Crippen LogP contribution in [0.25, 0.3) is 22.0 Å². The molecule has 1 aliphatic rings. The van der Waals surface area contributed by atoms with Crippen LogP contribution in [0.1, 0.15) is 59.8 Å². The van der Waals surface area contributed by atoms with Crippen molar-refractivity contribution in [1.82, 2.24) is 34.8 Å². The summed E-state index contributed by atoms with van der Waals surface area (Å²) < 4.78 is 24.3. The van der Waals surface area contributed by atoms with E-state index in [2.05, 4.69) is 49.4 Å². The van der Waals surface area contributed by atoms with E-state index in [0.29, 0.717) is 79.4 Å². The second-order valence-corrected chi connectivity index (χ2v) is 16.8. The lowest BCUT2D eigenvalue weighted by molar-refractivity contribution is -0.139. The van der Waals surface area contributed by atoms with Gasteiger partial charge >= 0.3 is 0 Å². The van der Waals surface area contributed by atoms with E-state index in [-0.39, 0.29) is 42.9 Å². The molecule has 5 amide bonds. The van der Waals surface area contributed by atoms with Crippen LogP contribution < -0.4 is 25.7 Å². The van der Waals surface area contributed by atoms with Gasteiger partial charge in [-0.1, -0.05) is 48.1 Å². The van der Waals surface area contributed by atoms with Gasteiger partial charge in [-0.3, -0.25) is 39.0 Å². The fourth-order valence-corrected chi connectivity index (χ4v) is 7.94. The van der Waals surface area contributed by atoms with Crippen LogP contribution in [0.4, 0.5) is 11.4 Å². The number of carbonyl (C=O) groups is 5. The number of amides is 5. The number of nitrogens with one attached hydrogen (secondary N) is 4. The molecule has 18 nitrogen and oxygen atoms in total. The Balaban J connectivity index is 0.815. The molecule has 0 saturated carbocycles. The first-order valence-electron chi connectivity index (χ1n) is 22.0. The highest BCUT2D eigenvalue weighted by Crippen LogP contribution is 2.39. The predicted octanol–water partition coefficient (Wildman–Crippen LogP) is 5.76. The maximum absolute atomic E-state index is 13.2. The summed E-state index contributed by atoms with van der Waals surface area (Å²) >= 11 is 1.58. The topological polar surface area (TPSA) is 221 Å². The number of aromatic nitrogens is 5. The van der Waals surface area contributed by atoms with Crippen LogP contribution in [-0.4, -0.2) is 97.7 Å². The molecule has 4 heterocycles. The minimum Gasteiger partial charge on any atom is -0.457 e. The van der Waals surface area contributed by atoms with E-state index >= 15 is 0 Å². The molecule has 0 aliphatic carbocycles. The van der Waals surface area contributed by atoms with Crippen molar-refractivity contribution < 1.29 is 38.2 Å². The van der Waals surface area contributed by atoms with Crippen molar-refractivity contribution in [3.8, 4) is 34.5 Å². The molecule has 0 bridgehead atoms. The highest BCUT2D eigenvalue weighted by Gasteiger charge is 2.35. The molecule has 1 fully saturated rings. The highest BCUT2D eigenvalue weighted by molar-refractivity contribution is 8.00. The van der Waals surface area contributed by atoms with Crippen molar-refractivity contribution in [2.24, 2.45) is 7.05 Å². The molecule has 68 heavy (non-hydrogen) atoms. The molecule has 19 heteroatoms. The lowest BCUT2D eigenvalue weighted by atomic mass is 9.99. The number of fused-ring (bicyclic) bond motifs is 1. The highest BCUT2D eigenvalue weighted by atomic mass is 32.2. The van der Waals surface area contributed by atoms with Crippen LogP contribution in [0, 0.1) is 18.8 Å². The number of benzene rings is 3. The standard InChI is InChI=1S/C49H51N9O9S/c1-4-68-54-35-16-18-43(40(28-35)41-30-56(3)49(64)46-39(41)20-21-50-46)67-37-13-6-11-34(27-37)51-44(60)15-7-12-36-29-57(55-53-36)22-24-66-26-25-65-23-8-10-33-9-5-14-38(32(33)2)48(63)58(31-59)42-17-19-45(61)52-47(42)62/h5-6,9,11,13-14,16,18,20-21,27-31,42,50,54H,4,7,12,15,17,19,22-26H2,1-3H3,(H,51,60)(H,52,61,62). The first-order valence-corrected chi connectivity index (χ1v) is 23.0. The van der Waals surface area contributed by atoms with Gasteiger partial charge in [0.25, 0.3) is 11.5 Å². The first-order chi connectivity index (χ1) is 33.0. The first kappa shape index (κ1) is 48.4. The molecule has 1 atom stereocenters. The van der Waals surface area contributed by atoms with Gasteiger partial charge in [0, 0.05) is 89.3 Å². The third kappa shape index (κ3) is 12.3. The summed E-state index contributed by atoms with van der Waals surface area (Å²) in [5.41, 5.74) is 5.61. The van der Waals surface area contributed by atoms with Gasteiger partial charge in [0.1, 0.15) is 29.7 Å². The van der Waals surface area contributed by atoms with E-state index in [9.17, 15) is 28.8 Å². The molecule has 3 aromatic carbocycles. The molecule has 352 valence electrons. The van der Waals surface area contributed by atoms with Crippen LogP contribution in [0.5, 0.6) is 11.5 Å². The van der Waals surface area contributed by atoms with Gasteiger partial charge in [-0.05, 0) is 80.3 Å². The summed E-state index contributed by atoms with van der Waals surface area (Å²) in [6.45, 7) is 5.38. The zero-order valence-corrected chi connectivity index (χ0v) is 38.7. The third-order valence-corrected chi connectivity index (χ3v) is 11.6. The molecule has 0 radical (unpaired) electrons. The summed E-state index contributed by atoms with van der Waals surface area (Å²) in [7, 11) is 1.72. The number of carbonyl (C=O) groups excluding carboxylic acids is 5. The monoisotopic (exact) mass is 941 g/mol. The van der Waals surface area contributed by atoms with E-state index in [1.54, 1.807) is 71.7 Å². The number of ether oxygens (including phenoxy) is 3. The number of aromatic amines is 1. The normalized spacial score (nSPS) is 13.4. The second kappa shape index (κ2) is 23.3. The fourth-order valence-electron chi connectivity index (χ4n) is 7.50. The maximum Gasteiger partial charge on any atom is 0.274 e. The van der Waals surface area contributed by atoms with E-state index < -0.39 is 23.8 Å². The predicted molar refractivity (Wildman–Crippen MR) is 257 cm³/mol. The quantitative estimate of drug-likeness (QED) is 0.0222. The van der Waals surface area contributed by atoms with Gasteiger partial charge in [-0.25, -0.2) is 4.68 Å². The number of nitrogens with zero attached hydrogens (tertiary/aromatic N) is 5. The zero-order chi connectivity index (χ0) is 48.0. The van der Waals surface area contributed by atoms with Crippen molar-refractivity contribution in [3.63, 3.8) is 0 Å². The summed E-state index contributed by atoms with van der Waals surface area (Å²) in [5, 5.41) is 14.3. The Morgan fingerprint density at radius 3 is 2.66 bits per heavy atom. The molecule has 1 aliphatic heterocycles. The molecule has 3 aromatic heterocycles. The lowest BCUT2D eigenvalue weighted by Gasteiger charge is -2.28. The van der Waals surface area contributed by atoms with Gasteiger partial charge in [0.05, 0.1) is 32.1 Å². The van der Waals surface area contributed by atoms with E-state index in [1.165, 1.54) is 0 Å². The van der Waals surface area contributed by atoms with Gasteiger partial charge in [-0.2, -0.15) is 0 Å². The van der Waals surface area contributed by atoms with Crippen molar-refractivity contribution in [2.45, 2.75) is 58.5 Å². The van der Waals surface area contributed by atoms with Gasteiger partial charge in [0.2, 0.25) is 24.1 Å². The zero-order valence-electron chi connectivity index (χ0n) is 37.8. The molecular formula is C49H51N9O9S. The number of hydrogen-bond acceptors (Lipinski definition) is 13. The third-order valence-electron chi connectivity index (χ3n) is 11.0. The molecule has 7 rings (SSSR count). The second-order valence-electron chi connectivity index (χ2n) is 15.7. The fraction of sp³-hybridized carbons (Fsp3) is 0.306. The Morgan fingerprint density at radius 2 is 1.84 bits per heavy atom. The van der Waals surface area contributed by atoms with Crippen LogP contribution in [0.2, 0.25) is 0 Å². The average Bonchev–Trinajstić information content (AvgIpc) is 4.01. The minimum absolute atomic E-state index is 0.0343. The van der Waals surface area contributed by atoms with Gasteiger partial charge in [-0.15, -0.1) is 5.10 Å². The van der Waals surface area contributed by atoms with Crippen LogP contribution in [-0.2, 0) is 48.7 Å². The summed E-state index contributed by atoms with van der Waals surface area (Å²) in [4.78, 5) is 78.5. The number of imide groups is 2. The van der Waals surface area contributed by atoms with Crippen molar-refractivity contribution in [1.29, 1.82) is 0 Å². The Kier molecular flexibility index (Phi) is 16.6. The number of rotatable bonds is 21. The number of piperidine rings is 1. The number of hydrogen-bond donors (Lipinski definition) is 4. The Labute approximate surface area is 396 Å². The molecule has 0 spiro atoms. The number of anilines is 2. The number of aryl methyl sites for hydroxylation is 2. The maximum atomic E-state index is 13.2. The Morgan fingerprint density at radius 1 is 1.00 bits per heavy atom. The summed E-state index contributed by atoms with van der Waals surface area (Å²) in [6, 6.07) is 18.8. The SMILES string of the molecule is CCSNc1ccc(Oc2cccc(NC(=O)CCCc3cn(CCOCCOCC#Cc4cccc(C(=O)N(C=O)C5CCC(=O)NC5=O)c4C)nn3)c2)c(-c2cn(C)c(=O)c3[nH]ccc23)c1. The van der Waals surface area contributed by atoms with E-state index in [0.717, 1.165) is 38.5 Å². The Hall–Kier alpha value is -7.53. The Bertz CT molecular complexity index is 2930. The minimum atomic E-state index is -1.06. The smallest absolute Gasteiger partial charge is 0.274 e. The van der Waals surface area contributed by atoms with E-state index in [4.69, 9.17) is 14.2 Å². The van der Waals surface area contributed by atoms with Crippen LogP contribution >= 0.6 is 11.9 Å². The summed E-state index contributed by atoms with van der Waals surface area (Å²) in [6.07, 6.45) is 7.22. The lowest BCUT2D eigenvalue weighted by Crippen LogP contribution is -2.53. The van der Waals surface area contributed by atoms with Gasteiger partial charge < -0.3 is 33.8 Å². The molecule has 6 aromatic rings. The summed E-state index contributed by atoms with van der Waals surface area (Å²) in [5.74, 6) is 6.00. The number of pyridine rings is 1. The van der Waals surface area contributed by atoms with Crippen molar-refractivity contribution in [2.75, 3.05) is 42.2 Å².